The Labute approximate surface area is 181 Å². The Balaban J connectivity index is 2.11. The number of benzene rings is 2. The van der Waals surface area contributed by atoms with Gasteiger partial charge in [-0.3, -0.25) is 10.0 Å². The van der Waals surface area contributed by atoms with E-state index in [2.05, 4.69) is 10.6 Å². The van der Waals surface area contributed by atoms with Crippen LogP contribution in [0.1, 0.15) is 13.8 Å². The number of hydrogen-bond acceptors (Lipinski definition) is 7. The topological polar surface area (TPSA) is 117 Å². The first-order chi connectivity index (χ1) is 14.2. The van der Waals surface area contributed by atoms with Gasteiger partial charge in [-0.2, -0.15) is 0 Å². The molecule has 0 bridgehead atoms. The molecule has 0 heterocycles. The molecule has 0 aliphatic carbocycles. The number of amides is 1. The minimum atomic E-state index is -3.74. The Morgan fingerprint density at radius 2 is 1.60 bits per heavy atom. The van der Waals surface area contributed by atoms with Gasteiger partial charge in [0.15, 0.2) is 9.84 Å². The van der Waals surface area contributed by atoms with Crippen molar-refractivity contribution in [2.24, 2.45) is 5.92 Å². The number of carbonyl (C=O) groups excluding carboxylic acids is 1. The number of hydrogen-bond donors (Lipinski definition) is 4. The maximum atomic E-state index is 13.0. The van der Waals surface area contributed by atoms with E-state index >= 15 is 0 Å². The van der Waals surface area contributed by atoms with Gasteiger partial charge in [0.1, 0.15) is 16.9 Å². The van der Waals surface area contributed by atoms with Gasteiger partial charge in [0.2, 0.25) is 0 Å². The first-order valence-corrected chi connectivity index (χ1v) is 11.2. The fourth-order valence-electron chi connectivity index (χ4n) is 2.80. The molecule has 0 saturated heterocycles. The van der Waals surface area contributed by atoms with Gasteiger partial charge in [0, 0.05) is 11.6 Å². The normalized spacial score (nSPS) is 13.7. The number of halogens is 1. The molecule has 0 aromatic heterocycles. The summed E-state index contributed by atoms with van der Waals surface area (Å²) >= 11 is 5.85. The largest absolute Gasteiger partial charge is 0.457 e. The molecular formula is C20H26ClN3O5S. The smallest absolute Gasteiger partial charge is 0.260 e. The fraction of sp³-hybridized carbons (Fsp3) is 0.350. The van der Waals surface area contributed by atoms with Crippen LogP contribution in [0.3, 0.4) is 0 Å². The number of ether oxygens (including phenoxy) is 1. The van der Waals surface area contributed by atoms with Crippen LogP contribution in [0, 0.1) is 5.92 Å². The molecule has 0 spiro atoms. The van der Waals surface area contributed by atoms with Crippen LogP contribution in [-0.4, -0.2) is 44.5 Å². The van der Waals surface area contributed by atoms with Gasteiger partial charge in [-0.25, -0.2) is 13.9 Å². The van der Waals surface area contributed by atoms with Crippen molar-refractivity contribution < 1.29 is 23.2 Å². The van der Waals surface area contributed by atoms with Crippen molar-refractivity contribution in [1.82, 2.24) is 16.1 Å². The van der Waals surface area contributed by atoms with Gasteiger partial charge >= 0.3 is 0 Å². The first-order valence-electron chi connectivity index (χ1n) is 9.31. The molecule has 0 fully saturated rings. The number of hydroxylamine groups is 1. The summed E-state index contributed by atoms with van der Waals surface area (Å²) in [5.41, 5.74) is 1.60. The van der Waals surface area contributed by atoms with Crippen LogP contribution in [-0.2, 0) is 14.6 Å². The Morgan fingerprint density at radius 1 is 1.07 bits per heavy atom. The van der Waals surface area contributed by atoms with E-state index in [9.17, 15) is 13.2 Å². The number of sulfone groups is 1. The van der Waals surface area contributed by atoms with Gasteiger partial charge in [0.25, 0.3) is 5.91 Å². The van der Waals surface area contributed by atoms with Gasteiger partial charge in [-0.1, -0.05) is 25.4 Å². The highest BCUT2D eigenvalue weighted by Crippen LogP contribution is 2.25. The molecule has 0 radical (unpaired) electrons. The van der Waals surface area contributed by atoms with Crippen LogP contribution in [0.25, 0.3) is 0 Å². The number of nitrogens with one attached hydrogen (secondary N) is 3. The summed E-state index contributed by atoms with van der Waals surface area (Å²) in [7, 11) is -2.21. The summed E-state index contributed by atoms with van der Waals surface area (Å²) in [6.45, 7) is 3.54. The molecule has 30 heavy (non-hydrogen) atoms. The van der Waals surface area contributed by atoms with Gasteiger partial charge in [-0.15, -0.1) is 0 Å². The van der Waals surface area contributed by atoms with Crippen LogP contribution in [0.2, 0.25) is 5.02 Å². The monoisotopic (exact) mass is 455 g/mol. The second-order valence-electron chi connectivity index (χ2n) is 6.96. The minimum absolute atomic E-state index is 0.0296. The first kappa shape index (κ1) is 24.1. The van der Waals surface area contributed by atoms with E-state index in [0.717, 1.165) is 0 Å². The van der Waals surface area contributed by atoms with E-state index in [1.54, 1.807) is 55.7 Å². The lowest BCUT2D eigenvalue weighted by molar-refractivity contribution is -0.132. The van der Waals surface area contributed by atoms with E-state index < -0.39 is 27.2 Å². The fourth-order valence-corrected chi connectivity index (χ4v) is 4.40. The number of rotatable bonds is 10. The third-order valence-corrected chi connectivity index (χ3v) is 6.81. The van der Waals surface area contributed by atoms with Gasteiger partial charge in [0.05, 0.1) is 10.9 Å². The summed E-state index contributed by atoms with van der Waals surface area (Å²) in [5.74, 6) is 0.284. The molecule has 10 heteroatoms. The lowest BCUT2D eigenvalue weighted by atomic mass is 10.0. The zero-order valence-corrected chi connectivity index (χ0v) is 18.5. The predicted octanol–water partition coefficient (Wildman–Crippen LogP) is 2.57. The van der Waals surface area contributed by atoms with Crippen LogP contribution in [0.5, 0.6) is 11.5 Å². The molecular weight excluding hydrogens is 430 g/mol. The SMILES string of the molecule is CNC(CN[C@@H](C(=O)NO)C(C)C)S(=O)(=O)c1ccc(Oc2ccc(Cl)cc2)cc1. The van der Waals surface area contributed by atoms with Crippen molar-refractivity contribution in [3.63, 3.8) is 0 Å². The average molecular weight is 456 g/mol. The van der Waals surface area contributed by atoms with Crippen molar-refractivity contribution in [1.29, 1.82) is 0 Å². The summed E-state index contributed by atoms with van der Waals surface area (Å²) in [5, 5.41) is 14.1. The van der Waals surface area contributed by atoms with Crippen LogP contribution < -0.4 is 20.9 Å². The molecule has 1 amide bonds. The second kappa shape index (κ2) is 10.7. The van der Waals surface area contributed by atoms with Crippen LogP contribution >= 0.6 is 11.6 Å². The lowest BCUT2D eigenvalue weighted by Crippen LogP contribution is -2.52. The molecule has 0 aliphatic rings. The molecule has 1 unspecified atom stereocenters. The molecule has 2 atom stereocenters. The molecule has 4 N–H and O–H groups in total. The van der Waals surface area contributed by atoms with Crippen molar-refractivity contribution in [2.45, 2.75) is 30.2 Å². The Hall–Kier alpha value is -2.17. The van der Waals surface area contributed by atoms with Crippen molar-refractivity contribution in [3.05, 3.63) is 53.6 Å². The Bertz CT molecular complexity index is 934. The highest BCUT2D eigenvalue weighted by atomic mass is 35.5. The van der Waals surface area contributed by atoms with E-state index in [-0.39, 0.29) is 17.4 Å². The van der Waals surface area contributed by atoms with Gasteiger partial charge in [-0.05, 0) is 61.5 Å². The van der Waals surface area contributed by atoms with Crippen LogP contribution in [0.4, 0.5) is 0 Å². The molecule has 2 aromatic rings. The summed E-state index contributed by atoms with van der Waals surface area (Å²) in [6.07, 6.45) is 0. The second-order valence-corrected chi connectivity index (χ2v) is 9.52. The zero-order valence-electron chi connectivity index (χ0n) is 16.9. The quantitative estimate of drug-likeness (QED) is 0.321. The molecule has 2 aromatic carbocycles. The van der Waals surface area contributed by atoms with Crippen molar-refractivity contribution in [3.8, 4) is 11.5 Å². The number of carbonyl (C=O) groups is 1. The maximum absolute atomic E-state index is 13.0. The van der Waals surface area contributed by atoms with Crippen molar-refractivity contribution in [2.75, 3.05) is 13.6 Å². The van der Waals surface area contributed by atoms with Gasteiger partial charge < -0.3 is 15.4 Å². The maximum Gasteiger partial charge on any atom is 0.260 e. The van der Waals surface area contributed by atoms with E-state index in [1.807, 2.05) is 0 Å². The zero-order chi connectivity index (χ0) is 22.3. The van der Waals surface area contributed by atoms with Crippen LogP contribution in [0.15, 0.2) is 53.4 Å². The van der Waals surface area contributed by atoms with E-state index in [0.29, 0.717) is 16.5 Å². The highest BCUT2D eigenvalue weighted by Gasteiger charge is 2.29. The molecule has 2 rings (SSSR count). The Morgan fingerprint density at radius 3 is 2.07 bits per heavy atom. The Kier molecular flexibility index (Phi) is 8.63. The lowest BCUT2D eigenvalue weighted by Gasteiger charge is -2.24. The molecule has 164 valence electrons. The molecule has 0 saturated carbocycles. The summed E-state index contributed by atoms with van der Waals surface area (Å²) < 4.78 is 31.7. The third kappa shape index (κ3) is 6.16. The molecule has 0 aliphatic heterocycles. The summed E-state index contributed by atoms with van der Waals surface area (Å²) in [6, 6.07) is 12.1. The van der Waals surface area contributed by atoms with E-state index in [4.69, 9.17) is 21.5 Å². The highest BCUT2D eigenvalue weighted by molar-refractivity contribution is 7.92. The van der Waals surface area contributed by atoms with Crippen molar-refractivity contribution >= 4 is 27.3 Å². The standard InChI is InChI=1S/C20H26ClN3O5S/c1-13(2)19(20(25)24-26)23-12-18(22-3)30(27,28)17-10-8-16(9-11-17)29-15-6-4-14(21)5-7-15/h4-11,13,18-19,22-23,26H,12H2,1-3H3,(H,24,25)/t18?,19-/m1/s1. The molecule has 8 nitrogen and oxygen atoms in total. The minimum Gasteiger partial charge on any atom is -0.457 e. The summed E-state index contributed by atoms with van der Waals surface area (Å²) in [4.78, 5) is 11.9. The van der Waals surface area contributed by atoms with E-state index in [1.165, 1.54) is 19.2 Å². The average Bonchev–Trinajstić information content (AvgIpc) is 2.72. The number of likely N-dealkylation sites (N-methyl/N-ethyl adjacent to an activating group) is 1. The predicted molar refractivity (Wildman–Crippen MR) is 115 cm³/mol. The third-order valence-electron chi connectivity index (χ3n) is 4.48.